The molecular weight excluding hydrogens is 174 g/mol. The van der Waals surface area contributed by atoms with Gasteiger partial charge in [0.25, 0.3) is 0 Å². The van der Waals surface area contributed by atoms with Gasteiger partial charge in [0.05, 0.1) is 12.2 Å². The van der Waals surface area contributed by atoms with Crippen molar-refractivity contribution in [2.24, 2.45) is 0 Å². The molecule has 14 heavy (non-hydrogen) atoms. The van der Waals surface area contributed by atoms with Crippen molar-refractivity contribution < 1.29 is 4.74 Å². The number of rotatable bonds is 2. The van der Waals surface area contributed by atoms with Crippen LogP contribution in [0.15, 0.2) is 0 Å². The summed E-state index contributed by atoms with van der Waals surface area (Å²) in [6, 6.07) is 0. The Morgan fingerprint density at radius 2 is 1.43 bits per heavy atom. The first-order valence-corrected chi connectivity index (χ1v) is 6.31. The Morgan fingerprint density at radius 3 is 2.29 bits per heavy atom. The summed E-state index contributed by atoms with van der Waals surface area (Å²) in [4.78, 5) is 0. The summed E-state index contributed by atoms with van der Waals surface area (Å²) in [5.74, 6) is 0. The van der Waals surface area contributed by atoms with Crippen LogP contribution in [0.4, 0.5) is 0 Å². The highest BCUT2D eigenvalue weighted by Crippen LogP contribution is 2.23. The van der Waals surface area contributed by atoms with Crippen LogP contribution >= 0.6 is 0 Å². The van der Waals surface area contributed by atoms with Gasteiger partial charge in [-0.2, -0.15) is 0 Å². The van der Waals surface area contributed by atoms with Crippen molar-refractivity contribution in [1.29, 1.82) is 0 Å². The lowest BCUT2D eigenvalue weighted by molar-refractivity contribution is -0.0344. The molecule has 0 aromatic rings. The second kappa shape index (κ2) is 5.72. The smallest absolute Gasteiger partial charge is 0.0591 e. The van der Waals surface area contributed by atoms with Crippen LogP contribution < -0.4 is 5.32 Å². The van der Waals surface area contributed by atoms with E-state index in [1.807, 2.05) is 0 Å². The van der Waals surface area contributed by atoms with Gasteiger partial charge in [0.15, 0.2) is 0 Å². The standard InChI is InChI=1S/C12H23NO/c1-2-5-11(6-3-1)14-12-7-4-9-13-10-8-12/h11-13H,1-10H2. The van der Waals surface area contributed by atoms with E-state index in [1.54, 1.807) is 0 Å². The summed E-state index contributed by atoms with van der Waals surface area (Å²) in [6.07, 6.45) is 11.7. The molecule has 0 aromatic carbocycles. The minimum absolute atomic E-state index is 0.549. The molecule has 1 aliphatic carbocycles. The average molecular weight is 197 g/mol. The molecule has 2 rings (SSSR count). The topological polar surface area (TPSA) is 21.3 Å². The molecule has 1 atom stereocenters. The van der Waals surface area contributed by atoms with E-state index in [0.717, 1.165) is 6.54 Å². The van der Waals surface area contributed by atoms with E-state index in [4.69, 9.17) is 4.74 Å². The van der Waals surface area contributed by atoms with Gasteiger partial charge in [0.1, 0.15) is 0 Å². The van der Waals surface area contributed by atoms with Gasteiger partial charge in [-0.05, 0) is 45.2 Å². The van der Waals surface area contributed by atoms with E-state index < -0.39 is 0 Å². The Labute approximate surface area is 87.4 Å². The van der Waals surface area contributed by atoms with Crippen molar-refractivity contribution in [3.63, 3.8) is 0 Å². The molecule has 2 fully saturated rings. The number of ether oxygens (including phenoxy) is 1. The Balaban J connectivity index is 1.71. The highest BCUT2D eigenvalue weighted by Gasteiger charge is 2.19. The molecule has 1 unspecified atom stereocenters. The second-order valence-corrected chi connectivity index (χ2v) is 4.70. The largest absolute Gasteiger partial charge is 0.375 e. The van der Waals surface area contributed by atoms with Crippen LogP contribution in [0.2, 0.25) is 0 Å². The molecule has 2 aliphatic rings. The summed E-state index contributed by atoms with van der Waals surface area (Å²) in [6.45, 7) is 2.34. The zero-order valence-electron chi connectivity index (χ0n) is 9.13. The van der Waals surface area contributed by atoms with Gasteiger partial charge < -0.3 is 10.1 Å². The molecule has 1 saturated carbocycles. The predicted molar refractivity (Wildman–Crippen MR) is 58.5 cm³/mol. The van der Waals surface area contributed by atoms with Gasteiger partial charge in [-0.3, -0.25) is 0 Å². The lowest BCUT2D eigenvalue weighted by Gasteiger charge is -2.26. The fourth-order valence-electron chi connectivity index (χ4n) is 2.60. The first-order chi connectivity index (χ1) is 6.95. The maximum atomic E-state index is 6.17. The molecule has 0 radical (unpaired) electrons. The highest BCUT2D eigenvalue weighted by molar-refractivity contribution is 4.71. The molecule has 1 N–H and O–H groups in total. The van der Waals surface area contributed by atoms with E-state index in [9.17, 15) is 0 Å². The summed E-state index contributed by atoms with van der Waals surface area (Å²) in [5.41, 5.74) is 0. The monoisotopic (exact) mass is 197 g/mol. The van der Waals surface area contributed by atoms with Crippen LogP contribution in [0.5, 0.6) is 0 Å². The molecule has 2 nitrogen and oxygen atoms in total. The maximum absolute atomic E-state index is 6.17. The Hall–Kier alpha value is -0.0800. The molecule has 0 spiro atoms. The fraction of sp³-hybridized carbons (Fsp3) is 1.00. The Morgan fingerprint density at radius 1 is 0.714 bits per heavy atom. The van der Waals surface area contributed by atoms with E-state index in [1.165, 1.54) is 57.9 Å². The zero-order chi connectivity index (χ0) is 9.64. The molecule has 2 heteroatoms. The summed E-state index contributed by atoms with van der Waals surface area (Å²) in [7, 11) is 0. The van der Waals surface area contributed by atoms with Gasteiger partial charge in [0.2, 0.25) is 0 Å². The number of hydrogen-bond donors (Lipinski definition) is 1. The lowest BCUT2D eigenvalue weighted by atomic mass is 9.97. The summed E-state index contributed by atoms with van der Waals surface area (Å²) in [5, 5.41) is 3.43. The Kier molecular flexibility index (Phi) is 4.26. The maximum Gasteiger partial charge on any atom is 0.0591 e. The van der Waals surface area contributed by atoms with Crippen LogP contribution in [0.3, 0.4) is 0 Å². The van der Waals surface area contributed by atoms with Crippen LogP contribution in [-0.2, 0) is 4.74 Å². The van der Waals surface area contributed by atoms with Crippen molar-refractivity contribution >= 4 is 0 Å². The van der Waals surface area contributed by atoms with Crippen LogP contribution in [0.1, 0.15) is 51.4 Å². The normalized spacial score (nSPS) is 31.3. The highest BCUT2D eigenvalue weighted by atomic mass is 16.5. The Bertz CT molecular complexity index is 146. The molecular formula is C12H23NO. The van der Waals surface area contributed by atoms with Crippen molar-refractivity contribution in [1.82, 2.24) is 5.32 Å². The SMILES string of the molecule is C1CCC(OC2CCCNCC2)CC1. The number of hydrogen-bond acceptors (Lipinski definition) is 2. The van der Waals surface area contributed by atoms with Crippen LogP contribution in [0, 0.1) is 0 Å². The fourth-order valence-corrected chi connectivity index (χ4v) is 2.60. The first-order valence-electron chi connectivity index (χ1n) is 6.31. The van der Waals surface area contributed by atoms with Crippen LogP contribution in [-0.4, -0.2) is 25.3 Å². The zero-order valence-corrected chi connectivity index (χ0v) is 9.13. The van der Waals surface area contributed by atoms with Crippen molar-refractivity contribution in [2.45, 2.75) is 63.6 Å². The van der Waals surface area contributed by atoms with Gasteiger partial charge in [-0.15, -0.1) is 0 Å². The summed E-state index contributed by atoms with van der Waals surface area (Å²) >= 11 is 0. The van der Waals surface area contributed by atoms with Crippen LogP contribution in [0.25, 0.3) is 0 Å². The van der Waals surface area contributed by atoms with Crippen molar-refractivity contribution in [2.75, 3.05) is 13.1 Å². The third-order valence-corrected chi connectivity index (χ3v) is 3.46. The van der Waals surface area contributed by atoms with E-state index >= 15 is 0 Å². The van der Waals surface area contributed by atoms with Gasteiger partial charge in [-0.1, -0.05) is 19.3 Å². The molecule has 0 aromatic heterocycles. The quantitative estimate of drug-likeness (QED) is 0.734. The second-order valence-electron chi connectivity index (χ2n) is 4.70. The molecule has 82 valence electrons. The van der Waals surface area contributed by atoms with Gasteiger partial charge in [0, 0.05) is 0 Å². The van der Waals surface area contributed by atoms with Crippen molar-refractivity contribution in [3.8, 4) is 0 Å². The van der Waals surface area contributed by atoms with Crippen molar-refractivity contribution in [3.05, 3.63) is 0 Å². The molecule has 1 saturated heterocycles. The third kappa shape index (κ3) is 3.25. The minimum Gasteiger partial charge on any atom is -0.375 e. The first kappa shape index (κ1) is 10.4. The predicted octanol–water partition coefficient (Wildman–Crippen LogP) is 2.48. The minimum atomic E-state index is 0.549. The lowest BCUT2D eigenvalue weighted by Crippen LogP contribution is -2.25. The average Bonchev–Trinajstić information content (AvgIpc) is 2.48. The molecule has 1 aliphatic heterocycles. The van der Waals surface area contributed by atoms with E-state index in [-0.39, 0.29) is 0 Å². The third-order valence-electron chi connectivity index (χ3n) is 3.46. The van der Waals surface area contributed by atoms with E-state index in [2.05, 4.69) is 5.32 Å². The molecule has 0 bridgehead atoms. The number of nitrogens with one attached hydrogen (secondary N) is 1. The molecule has 0 amide bonds. The summed E-state index contributed by atoms with van der Waals surface area (Å²) < 4.78 is 6.17. The van der Waals surface area contributed by atoms with Gasteiger partial charge in [-0.25, -0.2) is 0 Å². The van der Waals surface area contributed by atoms with Gasteiger partial charge >= 0.3 is 0 Å². The molecule has 1 heterocycles. The van der Waals surface area contributed by atoms with E-state index in [0.29, 0.717) is 12.2 Å².